The predicted molar refractivity (Wildman–Crippen MR) is 79.1 cm³/mol. The molecule has 18 heavy (non-hydrogen) atoms. The molecule has 0 aromatic heterocycles. The molecular formula is C15H26BrNO. The van der Waals surface area contributed by atoms with Crippen LogP contribution in [0.3, 0.4) is 0 Å². The van der Waals surface area contributed by atoms with Gasteiger partial charge in [0.05, 0.1) is 6.54 Å². The molecule has 2 rings (SSSR count). The second-order valence-corrected chi connectivity index (χ2v) is 7.36. The standard InChI is InChI=1S/C15H26BrNO/c1-2-12-4-3-9-17(10-12)11-15(18)13-5-7-14(16)8-6-13/h12-14H,2-11H2,1H3. The van der Waals surface area contributed by atoms with Gasteiger partial charge in [-0.25, -0.2) is 0 Å². The smallest absolute Gasteiger partial charge is 0.149 e. The third-order valence-electron chi connectivity index (χ3n) is 4.67. The normalized spacial score (nSPS) is 34.4. The predicted octanol–water partition coefficient (Wildman–Crippen LogP) is 3.63. The quantitative estimate of drug-likeness (QED) is 0.738. The van der Waals surface area contributed by atoms with Gasteiger partial charge >= 0.3 is 0 Å². The third-order valence-corrected chi connectivity index (χ3v) is 5.59. The zero-order valence-electron chi connectivity index (χ0n) is 11.5. The van der Waals surface area contributed by atoms with Crippen LogP contribution in [0.25, 0.3) is 0 Å². The van der Waals surface area contributed by atoms with E-state index in [-0.39, 0.29) is 0 Å². The van der Waals surface area contributed by atoms with E-state index in [0.29, 0.717) is 23.1 Å². The van der Waals surface area contributed by atoms with Crippen molar-refractivity contribution < 1.29 is 4.79 Å². The topological polar surface area (TPSA) is 20.3 Å². The summed E-state index contributed by atoms with van der Waals surface area (Å²) in [5.74, 6) is 1.68. The van der Waals surface area contributed by atoms with Crippen molar-refractivity contribution in [1.29, 1.82) is 0 Å². The Labute approximate surface area is 120 Å². The molecule has 0 amide bonds. The Bertz CT molecular complexity index is 274. The lowest BCUT2D eigenvalue weighted by Gasteiger charge is -2.33. The molecule has 1 unspecified atom stereocenters. The van der Waals surface area contributed by atoms with Gasteiger partial charge in [0.15, 0.2) is 0 Å². The molecular weight excluding hydrogens is 290 g/mol. The number of halogens is 1. The highest BCUT2D eigenvalue weighted by atomic mass is 79.9. The Kier molecular flexibility index (Phi) is 5.68. The average molecular weight is 316 g/mol. The largest absolute Gasteiger partial charge is 0.298 e. The van der Waals surface area contributed by atoms with Crippen LogP contribution in [0.2, 0.25) is 0 Å². The highest BCUT2D eigenvalue weighted by Crippen LogP contribution is 2.29. The molecule has 3 heteroatoms. The van der Waals surface area contributed by atoms with Gasteiger partial charge in [0, 0.05) is 17.3 Å². The molecule has 0 bridgehead atoms. The molecule has 1 saturated heterocycles. The maximum absolute atomic E-state index is 12.3. The molecule has 0 N–H and O–H groups in total. The minimum atomic E-state index is 0.348. The fourth-order valence-corrected chi connectivity index (χ4v) is 3.88. The zero-order chi connectivity index (χ0) is 13.0. The molecule has 2 fully saturated rings. The van der Waals surface area contributed by atoms with Crippen molar-refractivity contribution in [3.8, 4) is 0 Å². The van der Waals surface area contributed by atoms with Gasteiger partial charge in [-0.15, -0.1) is 0 Å². The van der Waals surface area contributed by atoms with Gasteiger partial charge in [-0.05, 0) is 51.0 Å². The van der Waals surface area contributed by atoms with E-state index < -0.39 is 0 Å². The number of hydrogen-bond acceptors (Lipinski definition) is 2. The highest BCUT2D eigenvalue weighted by molar-refractivity contribution is 9.09. The van der Waals surface area contributed by atoms with Crippen LogP contribution in [0.5, 0.6) is 0 Å². The summed E-state index contributed by atoms with van der Waals surface area (Å²) in [5.41, 5.74) is 0. The van der Waals surface area contributed by atoms with Crippen LogP contribution in [0.15, 0.2) is 0 Å². The van der Waals surface area contributed by atoms with E-state index in [1.54, 1.807) is 0 Å². The third kappa shape index (κ3) is 4.06. The van der Waals surface area contributed by atoms with E-state index in [9.17, 15) is 4.79 Å². The molecule has 0 spiro atoms. The maximum atomic E-state index is 12.3. The summed E-state index contributed by atoms with van der Waals surface area (Å²) in [6.45, 7) is 5.27. The molecule has 0 aromatic rings. The van der Waals surface area contributed by atoms with Crippen molar-refractivity contribution in [1.82, 2.24) is 4.90 Å². The summed E-state index contributed by atoms with van der Waals surface area (Å²) >= 11 is 3.66. The molecule has 0 radical (unpaired) electrons. The number of alkyl halides is 1. The summed E-state index contributed by atoms with van der Waals surface area (Å²) in [7, 11) is 0. The number of piperidine rings is 1. The summed E-state index contributed by atoms with van der Waals surface area (Å²) in [5, 5.41) is 0. The monoisotopic (exact) mass is 315 g/mol. The van der Waals surface area contributed by atoms with Crippen molar-refractivity contribution in [2.24, 2.45) is 11.8 Å². The minimum Gasteiger partial charge on any atom is -0.298 e. The van der Waals surface area contributed by atoms with Crippen LogP contribution in [0, 0.1) is 11.8 Å². The van der Waals surface area contributed by atoms with Crippen molar-refractivity contribution in [3.63, 3.8) is 0 Å². The van der Waals surface area contributed by atoms with E-state index in [2.05, 4.69) is 27.8 Å². The van der Waals surface area contributed by atoms with Crippen molar-refractivity contribution in [2.75, 3.05) is 19.6 Å². The lowest BCUT2D eigenvalue weighted by atomic mass is 9.85. The van der Waals surface area contributed by atoms with Crippen molar-refractivity contribution >= 4 is 21.7 Å². The minimum absolute atomic E-state index is 0.348. The molecule has 2 nitrogen and oxygen atoms in total. The first kappa shape index (κ1) is 14.5. The summed E-state index contributed by atoms with van der Waals surface area (Å²) in [6.07, 6.45) is 8.44. The SMILES string of the molecule is CCC1CCCN(CC(=O)C2CCC(Br)CC2)C1. The van der Waals surface area contributed by atoms with Gasteiger partial charge in [0.25, 0.3) is 0 Å². The van der Waals surface area contributed by atoms with Crippen molar-refractivity contribution in [3.05, 3.63) is 0 Å². The Morgan fingerprint density at radius 2 is 1.94 bits per heavy atom. The lowest BCUT2D eigenvalue weighted by molar-refractivity contribution is -0.125. The van der Waals surface area contributed by atoms with E-state index in [0.717, 1.165) is 31.8 Å². The summed E-state index contributed by atoms with van der Waals surface area (Å²) in [4.78, 5) is 15.4. The number of likely N-dealkylation sites (tertiary alicyclic amines) is 1. The van der Waals surface area contributed by atoms with Crippen LogP contribution in [-0.2, 0) is 4.79 Å². The van der Waals surface area contributed by atoms with Gasteiger partial charge in [-0.3, -0.25) is 9.69 Å². The molecule has 1 atom stereocenters. The second-order valence-electron chi connectivity index (χ2n) is 6.07. The number of hydrogen-bond donors (Lipinski definition) is 0. The molecule has 1 aliphatic carbocycles. The number of nitrogens with zero attached hydrogens (tertiary/aromatic N) is 1. The summed E-state index contributed by atoms with van der Waals surface area (Å²) in [6, 6.07) is 0. The first-order chi connectivity index (χ1) is 8.69. The second kappa shape index (κ2) is 7.04. The van der Waals surface area contributed by atoms with Gasteiger partial charge < -0.3 is 0 Å². The molecule has 2 aliphatic rings. The first-order valence-corrected chi connectivity index (χ1v) is 8.49. The molecule has 1 heterocycles. The summed E-state index contributed by atoms with van der Waals surface area (Å²) < 4.78 is 0. The zero-order valence-corrected chi connectivity index (χ0v) is 13.1. The Morgan fingerprint density at radius 3 is 2.61 bits per heavy atom. The van der Waals surface area contributed by atoms with E-state index in [4.69, 9.17) is 0 Å². The van der Waals surface area contributed by atoms with Crippen LogP contribution in [0.1, 0.15) is 51.9 Å². The molecule has 104 valence electrons. The van der Waals surface area contributed by atoms with Gasteiger partial charge in [-0.2, -0.15) is 0 Å². The Morgan fingerprint density at radius 1 is 1.22 bits per heavy atom. The van der Waals surface area contributed by atoms with Gasteiger partial charge in [-0.1, -0.05) is 29.3 Å². The number of carbonyl (C=O) groups excluding carboxylic acids is 1. The number of carbonyl (C=O) groups is 1. The Hall–Kier alpha value is 0.110. The fraction of sp³-hybridized carbons (Fsp3) is 0.933. The van der Waals surface area contributed by atoms with Gasteiger partial charge in [0.2, 0.25) is 0 Å². The number of rotatable bonds is 4. The fourth-order valence-electron chi connectivity index (χ4n) is 3.35. The van der Waals surface area contributed by atoms with Crippen LogP contribution in [0.4, 0.5) is 0 Å². The lowest BCUT2D eigenvalue weighted by Crippen LogP contribution is -2.40. The number of ketones is 1. The number of Topliss-reactive ketones (excluding diaryl/α,β-unsaturated/α-hetero) is 1. The average Bonchev–Trinajstić information content (AvgIpc) is 2.39. The molecule has 1 saturated carbocycles. The van der Waals surface area contributed by atoms with E-state index >= 15 is 0 Å². The van der Waals surface area contributed by atoms with Crippen LogP contribution < -0.4 is 0 Å². The van der Waals surface area contributed by atoms with E-state index in [1.165, 1.54) is 32.1 Å². The van der Waals surface area contributed by atoms with Crippen molar-refractivity contribution in [2.45, 2.75) is 56.7 Å². The highest BCUT2D eigenvalue weighted by Gasteiger charge is 2.27. The van der Waals surface area contributed by atoms with Crippen LogP contribution in [-0.4, -0.2) is 35.1 Å². The molecule has 1 aliphatic heterocycles. The van der Waals surface area contributed by atoms with Crippen LogP contribution >= 0.6 is 15.9 Å². The Balaban J connectivity index is 1.76. The molecule has 0 aromatic carbocycles. The van der Waals surface area contributed by atoms with E-state index in [1.807, 2.05) is 0 Å². The first-order valence-electron chi connectivity index (χ1n) is 7.58. The maximum Gasteiger partial charge on any atom is 0.149 e. The van der Waals surface area contributed by atoms with Gasteiger partial charge in [0.1, 0.15) is 5.78 Å².